The van der Waals surface area contributed by atoms with Gasteiger partial charge in [-0.2, -0.15) is 0 Å². The maximum atomic E-state index is 11.8. The summed E-state index contributed by atoms with van der Waals surface area (Å²) in [5, 5.41) is 17.0. The van der Waals surface area contributed by atoms with E-state index in [0.717, 1.165) is 53.9 Å². The highest BCUT2D eigenvalue weighted by Gasteiger charge is 2.23. The summed E-state index contributed by atoms with van der Waals surface area (Å²) in [6, 6.07) is 17.6. The van der Waals surface area contributed by atoms with Crippen LogP contribution in [0.25, 0.3) is 22.0 Å². The molecule has 2 aromatic heterocycles. The third kappa shape index (κ3) is 6.57. The number of carbonyl (C=O) groups excluding carboxylic acids is 1. The largest absolute Gasteiger partial charge is 0.389 e. The van der Waals surface area contributed by atoms with Crippen LogP contribution < -0.4 is 15.5 Å². The summed E-state index contributed by atoms with van der Waals surface area (Å²) in [6.45, 7) is 11.5. The highest BCUT2D eigenvalue weighted by Crippen LogP contribution is 2.30. The molecule has 9 heteroatoms. The summed E-state index contributed by atoms with van der Waals surface area (Å²) in [5.74, 6) is 0.849. The molecule has 3 heterocycles. The fourth-order valence-electron chi connectivity index (χ4n) is 4.78. The second kappa shape index (κ2) is 11.2. The molecule has 1 aliphatic rings. The van der Waals surface area contributed by atoms with Gasteiger partial charge in [-0.1, -0.05) is 36.9 Å². The van der Waals surface area contributed by atoms with E-state index >= 15 is 0 Å². The van der Waals surface area contributed by atoms with Crippen LogP contribution in [0, 0.1) is 0 Å². The van der Waals surface area contributed by atoms with Gasteiger partial charge in [0.2, 0.25) is 11.9 Å². The number of pyridine rings is 1. The fourth-order valence-corrected chi connectivity index (χ4v) is 4.78. The van der Waals surface area contributed by atoms with Crippen LogP contribution in [-0.2, 0) is 4.79 Å². The number of carbonyl (C=O) groups is 1. The van der Waals surface area contributed by atoms with Crippen LogP contribution in [0.4, 0.5) is 23.1 Å². The lowest BCUT2D eigenvalue weighted by Gasteiger charge is -2.38. The summed E-state index contributed by atoms with van der Waals surface area (Å²) in [5.41, 5.74) is 3.72. The number of anilines is 4. The van der Waals surface area contributed by atoms with Crippen LogP contribution in [0.1, 0.15) is 13.8 Å². The summed E-state index contributed by atoms with van der Waals surface area (Å²) in [7, 11) is 0. The van der Waals surface area contributed by atoms with E-state index in [2.05, 4.69) is 43.0 Å². The number of β-amino-alcohol motifs (C(OH)–C–C–N with tert-alkyl or cyclic N) is 1. The molecule has 0 unspecified atom stereocenters. The van der Waals surface area contributed by atoms with Gasteiger partial charge >= 0.3 is 0 Å². The van der Waals surface area contributed by atoms with Crippen molar-refractivity contribution in [2.24, 2.45) is 0 Å². The van der Waals surface area contributed by atoms with Crippen LogP contribution in [0.5, 0.6) is 0 Å². The van der Waals surface area contributed by atoms with E-state index in [1.165, 1.54) is 6.08 Å². The first-order chi connectivity index (χ1) is 18.8. The Morgan fingerprint density at radius 1 is 1.05 bits per heavy atom. The van der Waals surface area contributed by atoms with Gasteiger partial charge < -0.3 is 20.6 Å². The van der Waals surface area contributed by atoms with Crippen molar-refractivity contribution in [3.05, 3.63) is 79.6 Å². The zero-order valence-corrected chi connectivity index (χ0v) is 22.3. The second-order valence-corrected chi connectivity index (χ2v) is 10.3. The first-order valence-electron chi connectivity index (χ1n) is 13.0. The van der Waals surface area contributed by atoms with Gasteiger partial charge in [0, 0.05) is 55.6 Å². The van der Waals surface area contributed by atoms with E-state index < -0.39 is 5.60 Å². The first kappa shape index (κ1) is 26.3. The summed E-state index contributed by atoms with van der Waals surface area (Å²) >= 11 is 0. The molecule has 200 valence electrons. The zero-order valence-electron chi connectivity index (χ0n) is 22.3. The summed E-state index contributed by atoms with van der Waals surface area (Å²) < 4.78 is 0. The molecule has 0 bridgehead atoms. The van der Waals surface area contributed by atoms with Crippen LogP contribution in [-0.4, -0.2) is 69.2 Å². The van der Waals surface area contributed by atoms with E-state index in [1.807, 2.05) is 68.6 Å². The number of fused-ring (bicyclic) bond motifs is 1. The number of para-hydroxylation sites is 1. The second-order valence-electron chi connectivity index (χ2n) is 10.3. The van der Waals surface area contributed by atoms with Crippen molar-refractivity contribution >= 4 is 40.0 Å². The molecular weight excluding hydrogens is 490 g/mol. The van der Waals surface area contributed by atoms with Gasteiger partial charge in [0.1, 0.15) is 5.82 Å². The van der Waals surface area contributed by atoms with E-state index in [9.17, 15) is 9.90 Å². The third-order valence-corrected chi connectivity index (χ3v) is 6.57. The Bertz CT molecular complexity index is 1470. The molecule has 2 aromatic carbocycles. The monoisotopic (exact) mass is 523 g/mol. The number of benzene rings is 2. The normalized spacial score (nSPS) is 14.3. The number of nitrogens with zero attached hydrogens (tertiary/aromatic N) is 5. The minimum Gasteiger partial charge on any atom is -0.389 e. The van der Waals surface area contributed by atoms with Crippen molar-refractivity contribution in [2.45, 2.75) is 19.4 Å². The number of nitrogens with one attached hydrogen (secondary N) is 2. The average Bonchev–Trinajstić information content (AvgIpc) is 2.93. The van der Waals surface area contributed by atoms with Gasteiger partial charge in [-0.15, -0.1) is 0 Å². The Hall–Kier alpha value is -4.34. The van der Waals surface area contributed by atoms with Gasteiger partial charge in [0.05, 0.1) is 23.0 Å². The number of hydrogen-bond donors (Lipinski definition) is 3. The minimum atomic E-state index is -0.685. The molecule has 0 radical (unpaired) electrons. The molecule has 5 rings (SSSR count). The third-order valence-electron chi connectivity index (χ3n) is 6.57. The highest BCUT2D eigenvalue weighted by molar-refractivity contribution is 6.00. The first-order valence-corrected chi connectivity index (χ1v) is 13.0. The quantitative estimate of drug-likeness (QED) is 0.291. The molecule has 1 fully saturated rings. The predicted molar refractivity (Wildman–Crippen MR) is 156 cm³/mol. The van der Waals surface area contributed by atoms with E-state index in [-0.39, 0.29) is 5.91 Å². The Morgan fingerprint density at radius 2 is 1.85 bits per heavy atom. The molecule has 1 aliphatic heterocycles. The molecule has 3 N–H and O–H groups in total. The smallest absolute Gasteiger partial charge is 0.247 e. The van der Waals surface area contributed by atoms with Crippen LogP contribution in [0.3, 0.4) is 0 Å². The van der Waals surface area contributed by atoms with E-state index in [0.29, 0.717) is 24.0 Å². The number of amides is 1. The molecule has 0 spiro atoms. The minimum absolute atomic E-state index is 0.259. The van der Waals surface area contributed by atoms with Crippen molar-refractivity contribution in [2.75, 3.05) is 48.3 Å². The van der Waals surface area contributed by atoms with Crippen molar-refractivity contribution in [1.29, 1.82) is 0 Å². The Kier molecular flexibility index (Phi) is 7.53. The van der Waals surface area contributed by atoms with Crippen molar-refractivity contribution in [1.82, 2.24) is 19.9 Å². The van der Waals surface area contributed by atoms with Gasteiger partial charge in [0.25, 0.3) is 0 Å². The Labute approximate surface area is 228 Å². The lowest BCUT2D eigenvalue weighted by Crippen LogP contribution is -2.50. The zero-order chi connectivity index (χ0) is 27.4. The fraction of sp³-hybridized carbons (Fsp3) is 0.267. The van der Waals surface area contributed by atoms with Gasteiger partial charge in [-0.25, -0.2) is 15.0 Å². The van der Waals surface area contributed by atoms with Crippen LogP contribution >= 0.6 is 0 Å². The molecular formula is C30H33N7O2. The lowest BCUT2D eigenvalue weighted by atomic mass is 10.0. The number of piperazine rings is 1. The van der Waals surface area contributed by atoms with Crippen molar-refractivity contribution < 1.29 is 9.90 Å². The number of aliphatic hydroxyl groups is 1. The number of aromatic nitrogens is 3. The maximum absolute atomic E-state index is 11.8. The molecule has 4 aromatic rings. The van der Waals surface area contributed by atoms with Crippen LogP contribution in [0.15, 0.2) is 79.6 Å². The number of rotatable bonds is 8. The molecule has 39 heavy (non-hydrogen) atoms. The molecule has 0 aliphatic carbocycles. The topological polar surface area (TPSA) is 107 Å². The van der Waals surface area contributed by atoms with Gasteiger partial charge in [-0.05, 0) is 49.8 Å². The highest BCUT2D eigenvalue weighted by atomic mass is 16.3. The van der Waals surface area contributed by atoms with Crippen molar-refractivity contribution in [3.63, 3.8) is 0 Å². The predicted octanol–water partition coefficient (Wildman–Crippen LogP) is 4.45. The van der Waals surface area contributed by atoms with Gasteiger partial charge in [0.15, 0.2) is 0 Å². The summed E-state index contributed by atoms with van der Waals surface area (Å²) in [4.78, 5) is 30.2. The Balaban J connectivity index is 1.30. The molecule has 9 nitrogen and oxygen atoms in total. The van der Waals surface area contributed by atoms with Crippen molar-refractivity contribution in [3.8, 4) is 11.1 Å². The van der Waals surface area contributed by atoms with E-state index in [4.69, 9.17) is 4.98 Å². The number of hydrogen-bond acceptors (Lipinski definition) is 8. The molecule has 1 saturated heterocycles. The Morgan fingerprint density at radius 3 is 2.56 bits per heavy atom. The molecule has 0 saturated carbocycles. The van der Waals surface area contributed by atoms with Crippen LogP contribution in [0.2, 0.25) is 0 Å². The van der Waals surface area contributed by atoms with E-state index in [1.54, 1.807) is 6.20 Å². The standard InChI is InChI=1S/C30H33N7O2/c1-4-27(38)33-23-9-5-7-21(17-23)25-10-6-8-22-18-32-29(35-28(22)25)34-26-12-11-24(19-31-26)37-15-13-36(14-16-37)20-30(2,3)39/h4-12,17-19,39H,1,13-16,20H2,2-3H3,(H,33,38)(H,31,32,34,35). The molecule has 0 atom stereocenters. The molecule has 1 amide bonds. The van der Waals surface area contributed by atoms with Gasteiger partial charge in [-0.3, -0.25) is 9.69 Å². The average molecular weight is 524 g/mol. The summed E-state index contributed by atoms with van der Waals surface area (Å²) in [6.07, 6.45) is 4.90. The lowest BCUT2D eigenvalue weighted by molar-refractivity contribution is -0.111. The maximum Gasteiger partial charge on any atom is 0.247 e. The SMILES string of the molecule is C=CC(=O)Nc1cccc(-c2cccc3cnc(Nc4ccc(N5CCN(CC(C)(C)O)CC5)cn4)nc23)c1.